The number of nitrogens with zero attached hydrogens (tertiary/aromatic N) is 2. The summed E-state index contributed by atoms with van der Waals surface area (Å²) in [5.74, 6) is 0. The molecule has 0 bridgehead atoms. The molecular formula is C28H16Cl2N2. The van der Waals surface area contributed by atoms with Crippen LogP contribution in [0.1, 0.15) is 0 Å². The summed E-state index contributed by atoms with van der Waals surface area (Å²) in [4.78, 5) is 9.94. The molecule has 152 valence electrons. The predicted molar refractivity (Wildman–Crippen MR) is 135 cm³/mol. The van der Waals surface area contributed by atoms with Crippen molar-refractivity contribution in [1.82, 2.24) is 9.97 Å². The fourth-order valence-electron chi connectivity index (χ4n) is 4.34. The van der Waals surface area contributed by atoms with Gasteiger partial charge in [-0.05, 0) is 46.2 Å². The summed E-state index contributed by atoms with van der Waals surface area (Å²) in [6, 6.07) is 30.5. The Morgan fingerprint density at radius 2 is 1.09 bits per heavy atom. The highest BCUT2D eigenvalue weighted by atomic mass is 35.5. The van der Waals surface area contributed by atoms with Crippen molar-refractivity contribution in [3.8, 4) is 22.4 Å². The molecule has 0 radical (unpaired) electrons. The van der Waals surface area contributed by atoms with E-state index in [-0.39, 0.29) is 0 Å². The van der Waals surface area contributed by atoms with Crippen molar-refractivity contribution in [2.24, 2.45) is 0 Å². The van der Waals surface area contributed by atoms with E-state index >= 15 is 0 Å². The molecule has 2 nitrogen and oxygen atoms in total. The Kier molecular flexibility index (Phi) is 4.57. The van der Waals surface area contributed by atoms with E-state index in [1.807, 2.05) is 36.5 Å². The molecule has 0 spiro atoms. The Balaban J connectivity index is 1.58. The normalized spacial score (nSPS) is 11.4. The van der Waals surface area contributed by atoms with Crippen molar-refractivity contribution in [3.63, 3.8) is 0 Å². The van der Waals surface area contributed by atoms with Crippen molar-refractivity contribution >= 4 is 55.8 Å². The summed E-state index contributed by atoms with van der Waals surface area (Å²) in [6.07, 6.45) is 1.85. The minimum atomic E-state index is 0.613. The zero-order valence-electron chi connectivity index (χ0n) is 16.9. The zero-order valence-corrected chi connectivity index (χ0v) is 18.4. The standard InChI is InChI=1S/C28H16Cl2N2/c29-20-13-19(14-21(30)15-20)17-6-5-7-18(12-17)26-16-31-27-24-10-3-1-8-22(24)23-9-2-4-11-25(23)28(27)32-26/h1-16H. The van der Waals surface area contributed by atoms with E-state index in [1.165, 1.54) is 10.8 Å². The second kappa shape index (κ2) is 7.59. The summed E-state index contributed by atoms with van der Waals surface area (Å²) < 4.78 is 0. The fourth-order valence-corrected chi connectivity index (χ4v) is 4.87. The monoisotopic (exact) mass is 450 g/mol. The number of rotatable bonds is 2. The highest BCUT2D eigenvalue weighted by Crippen LogP contribution is 2.35. The Hall–Kier alpha value is -3.46. The lowest BCUT2D eigenvalue weighted by Crippen LogP contribution is -1.92. The number of hydrogen-bond donors (Lipinski definition) is 0. The minimum absolute atomic E-state index is 0.613. The maximum absolute atomic E-state index is 6.22. The second-order valence-corrected chi connectivity index (χ2v) is 8.66. The topological polar surface area (TPSA) is 25.8 Å². The number of halogens is 2. The first-order valence-corrected chi connectivity index (χ1v) is 11.1. The third-order valence-corrected chi connectivity index (χ3v) is 6.22. The van der Waals surface area contributed by atoms with Crippen LogP contribution < -0.4 is 0 Å². The molecule has 0 aliphatic rings. The smallest absolute Gasteiger partial charge is 0.0979 e. The molecule has 1 heterocycles. The summed E-state index contributed by atoms with van der Waals surface area (Å²) in [7, 11) is 0. The van der Waals surface area contributed by atoms with Crippen LogP contribution in [-0.2, 0) is 0 Å². The molecule has 0 saturated heterocycles. The molecule has 0 N–H and O–H groups in total. The molecule has 6 aromatic rings. The Bertz CT molecular complexity index is 1600. The summed E-state index contributed by atoms with van der Waals surface area (Å²) in [5, 5.41) is 5.82. The molecule has 4 heteroatoms. The first-order chi connectivity index (χ1) is 15.7. The molecule has 0 aliphatic heterocycles. The molecule has 0 fully saturated rings. The minimum Gasteiger partial charge on any atom is -0.252 e. The van der Waals surface area contributed by atoms with Crippen LogP contribution in [0.2, 0.25) is 10.0 Å². The van der Waals surface area contributed by atoms with Crippen LogP contribution in [0.3, 0.4) is 0 Å². The van der Waals surface area contributed by atoms with Crippen LogP contribution >= 0.6 is 23.2 Å². The fraction of sp³-hybridized carbons (Fsp3) is 0. The van der Waals surface area contributed by atoms with Crippen LogP contribution in [-0.4, -0.2) is 9.97 Å². The average Bonchev–Trinajstić information content (AvgIpc) is 2.83. The molecule has 5 aromatic carbocycles. The molecule has 0 unspecified atom stereocenters. The van der Waals surface area contributed by atoms with E-state index in [2.05, 4.69) is 54.6 Å². The van der Waals surface area contributed by atoms with Gasteiger partial charge in [-0.3, -0.25) is 4.98 Å². The van der Waals surface area contributed by atoms with E-state index < -0.39 is 0 Å². The molecule has 32 heavy (non-hydrogen) atoms. The van der Waals surface area contributed by atoms with E-state index in [4.69, 9.17) is 33.2 Å². The third-order valence-electron chi connectivity index (χ3n) is 5.78. The van der Waals surface area contributed by atoms with Crippen LogP contribution in [0.5, 0.6) is 0 Å². The van der Waals surface area contributed by atoms with Crippen LogP contribution in [0.25, 0.3) is 55.0 Å². The Labute approximate surface area is 195 Å². The van der Waals surface area contributed by atoms with Gasteiger partial charge in [0.15, 0.2) is 0 Å². The molecule has 0 saturated carbocycles. The first-order valence-electron chi connectivity index (χ1n) is 10.3. The largest absolute Gasteiger partial charge is 0.252 e. The van der Waals surface area contributed by atoms with Crippen molar-refractivity contribution in [2.75, 3.05) is 0 Å². The van der Waals surface area contributed by atoms with Crippen molar-refractivity contribution < 1.29 is 0 Å². The number of hydrogen-bond acceptors (Lipinski definition) is 2. The van der Waals surface area contributed by atoms with Gasteiger partial charge >= 0.3 is 0 Å². The van der Waals surface area contributed by atoms with E-state index in [0.29, 0.717) is 10.0 Å². The number of fused-ring (bicyclic) bond motifs is 6. The second-order valence-electron chi connectivity index (χ2n) is 7.78. The lowest BCUT2D eigenvalue weighted by molar-refractivity contribution is 1.31. The molecule has 0 atom stereocenters. The van der Waals surface area contributed by atoms with Crippen LogP contribution in [0.4, 0.5) is 0 Å². The van der Waals surface area contributed by atoms with E-state index in [0.717, 1.165) is 44.2 Å². The van der Waals surface area contributed by atoms with Gasteiger partial charge in [0.05, 0.1) is 22.9 Å². The Morgan fingerprint density at radius 1 is 0.500 bits per heavy atom. The highest BCUT2D eigenvalue weighted by Gasteiger charge is 2.12. The first kappa shape index (κ1) is 19.2. The molecule has 0 amide bonds. The van der Waals surface area contributed by atoms with Crippen LogP contribution in [0.15, 0.2) is 97.2 Å². The SMILES string of the molecule is Clc1cc(Cl)cc(-c2cccc(-c3cnc4c5ccccc5c5ccccc5c4n3)c2)c1. The van der Waals surface area contributed by atoms with E-state index in [9.17, 15) is 0 Å². The maximum Gasteiger partial charge on any atom is 0.0979 e. The molecular weight excluding hydrogens is 435 g/mol. The maximum atomic E-state index is 6.22. The van der Waals surface area contributed by atoms with Gasteiger partial charge in [-0.1, -0.05) is 89.9 Å². The van der Waals surface area contributed by atoms with Gasteiger partial charge in [0, 0.05) is 26.4 Å². The van der Waals surface area contributed by atoms with Gasteiger partial charge in [0.25, 0.3) is 0 Å². The number of aromatic nitrogens is 2. The average molecular weight is 451 g/mol. The summed E-state index contributed by atoms with van der Waals surface area (Å²) in [5.41, 5.74) is 5.64. The van der Waals surface area contributed by atoms with Crippen molar-refractivity contribution in [3.05, 3.63) is 107 Å². The van der Waals surface area contributed by atoms with Crippen LogP contribution in [0, 0.1) is 0 Å². The van der Waals surface area contributed by atoms with Gasteiger partial charge in [-0.15, -0.1) is 0 Å². The summed E-state index contributed by atoms with van der Waals surface area (Å²) in [6.45, 7) is 0. The van der Waals surface area contributed by atoms with E-state index in [1.54, 1.807) is 6.07 Å². The molecule has 1 aromatic heterocycles. The molecule has 0 aliphatic carbocycles. The van der Waals surface area contributed by atoms with Gasteiger partial charge in [-0.25, -0.2) is 4.98 Å². The zero-order chi connectivity index (χ0) is 21.7. The number of benzene rings is 5. The highest BCUT2D eigenvalue weighted by molar-refractivity contribution is 6.35. The van der Waals surface area contributed by atoms with Gasteiger partial charge in [0.1, 0.15) is 0 Å². The van der Waals surface area contributed by atoms with Gasteiger partial charge < -0.3 is 0 Å². The van der Waals surface area contributed by atoms with Gasteiger partial charge in [-0.2, -0.15) is 0 Å². The lowest BCUT2D eigenvalue weighted by Gasteiger charge is -2.11. The molecule has 6 rings (SSSR count). The van der Waals surface area contributed by atoms with Crippen molar-refractivity contribution in [2.45, 2.75) is 0 Å². The van der Waals surface area contributed by atoms with Crippen molar-refractivity contribution in [1.29, 1.82) is 0 Å². The predicted octanol–water partition coefficient (Wildman–Crippen LogP) is 8.58. The lowest BCUT2D eigenvalue weighted by atomic mass is 9.99. The Morgan fingerprint density at radius 3 is 1.78 bits per heavy atom. The van der Waals surface area contributed by atoms with Gasteiger partial charge in [0.2, 0.25) is 0 Å². The quantitative estimate of drug-likeness (QED) is 0.247. The third kappa shape index (κ3) is 3.20. The summed E-state index contributed by atoms with van der Waals surface area (Å²) >= 11 is 12.4.